The largest absolute Gasteiger partial charge is 0.461 e. The van der Waals surface area contributed by atoms with E-state index in [4.69, 9.17) is 4.74 Å². The van der Waals surface area contributed by atoms with Crippen molar-refractivity contribution in [2.45, 2.75) is 34.6 Å². The van der Waals surface area contributed by atoms with Crippen LogP contribution in [0.4, 0.5) is 0 Å². The van der Waals surface area contributed by atoms with Crippen molar-refractivity contribution < 1.29 is 9.53 Å². The number of ether oxygens (including phenoxy) is 1. The zero-order chi connectivity index (χ0) is 15.1. The van der Waals surface area contributed by atoms with Crippen molar-refractivity contribution in [1.29, 1.82) is 0 Å². The second-order valence-corrected chi connectivity index (χ2v) is 4.21. The number of aromatic amines is 1. The number of nitrogens with one attached hydrogen (secondary N) is 1. The van der Waals surface area contributed by atoms with Crippen LogP contribution in [0.15, 0.2) is 30.3 Å². The van der Waals surface area contributed by atoms with Gasteiger partial charge in [-0.25, -0.2) is 4.79 Å². The summed E-state index contributed by atoms with van der Waals surface area (Å²) in [6.07, 6.45) is 0. The highest BCUT2D eigenvalue weighted by Crippen LogP contribution is 2.29. The van der Waals surface area contributed by atoms with Crippen molar-refractivity contribution in [1.82, 2.24) is 4.98 Å². The van der Waals surface area contributed by atoms with Crippen LogP contribution >= 0.6 is 0 Å². The van der Waals surface area contributed by atoms with E-state index in [9.17, 15) is 4.79 Å². The molecule has 0 radical (unpaired) electrons. The van der Waals surface area contributed by atoms with Crippen LogP contribution in [0.5, 0.6) is 0 Å². The van der Waals surface area contributed by atoms with E-state index in [0.717, 1.165) is 22.4 Å². The zero-order valence-electron chi connectivity index (χ0n) is 12.9. The van der Waals surface area contributed by atoms with Crippen LogP contribution in [0.3, 0.4) is 0 Å². The minimum absolute atomic E-state index is 0.299. The lowest BCUT2D eigenvalue weighted by molar-refractivity contribution is 0.0521. The molecule has 1 heterocycles. The van der Waals surface area contributed by atoms with Crippen LogP contribution in [0.1, 0.15) is 42.5 Å². The van der Waals surface area contributed by atoms with E-state index in [1.165, 1.54) is 0 Å². The van der Waals surface area contributed by atoms with Crippen molar-refractivity contribution >= 4 is 5.97 Å². The number of hydrogen-bond donors (Lipinski definition) is 1. The average Bonchev–Trinajstić information content (AvgIpc) is 2.78. The zero-order valence-corrected chi connectivity index (χ0v) is 12.9. The highest BCUT2D eigenvalue weighted by atomic mass is 16.5. The molecule has 3 nitrogen and oxygen atoms in total. The van der Waals surface area contributed by atoms with Crippen molar-refractivity contribution in [2.24, 2.45) is 0 Å². The van der Waals surface area contributed by atoms with Crippen LogP contribution in [0, 0.1) is 13.8 Å². The van der Waals surface area contributed by atoms with Crippen molar-refractivity contribution in [3.63, 3.8) is 0 Å². The van der Waals surface area contributed by atoms with Crippen LogP contribution in [0.25, 0.3) is 11.1 Å². The van der Waals surface area contributed by atoms with Crippen LogP contribution in [-0.4, -0.2) is 17.6 Å². The van der Waals surface area contributed by atoms with E-state index in [2.05, 4.69) is 4.98 Å². The van der Waals surface area contributed by atoms with Crippen LogP contribution in [0.2, 0.25) is 0 Å². The minimum Gasteiger partial charge on any atom is -0.461 e. The number of aryl methyl sites for hydroxylation is 1. The van der Waals surface area contributed by atoms with Gasteiger partial charge in [0.15, 0.2) is 0 Å². The molecule has 0 aliphatic rings. The number of esters is 1. The molecule has 1 aromatic carbocycles. The van der Waals surface area contributed by atoms with Crippen LogP contribution < -0.4 is 0 Å². The molecule has 3 heteroatoms. The Balaban J connectivity index is 0.000000956. The van der Waals surface area contributed by atoms with Crippen molar-refractivity contribution in [3.05, 3.63) is 47.3 Å². The van der Waals surface area contributed by atoms with Gasteiger partial charge in [0.1, 0.15) is 5.69 Å². The lowest BCUT2D eigenvalue weighted by Gasteiger charge is -2.05. The van der Waals surface area contributed by atoms with E-state index in [1.54, 1.807) is 0 Å². The Morgan fingerprint density at radius 3 is 2.30 bits per heavy atom. The summed E-state index contributed by atoms with van der Waals surface area (Å²) in [6.45, 7) is 10.2. The molecule has 20 heavy (non-hydrogen) atoms. The normalized spacial score (nSPS) is 9.65. The Morgan fingerprint density at radius 2 is 1.75 bits per heavy atom. The second kappa shape index (κ2) is 7.53. The number of aromatic nitrogens is 1. The Morgan fingerprint density at radius 1 is 1.15 bits per heavy atom. The first-order valence-corrected chi connectivity index (χ1v) is 7.06. The van der Waals surface area contributed by atoms with Gasteiger partial charge in [-0.3, -0.25) is 0 Å². The quantitative estimate of drug-likeness (QED) is 0.836. The summed E-state index contributed by atoms with van der Waals surface area (Å²) in [6, 6.07) is 9.89. The number of rotatable bonds is 3. The molecule has 0 saturated carbocycles. The number of hydrogen-bond acceptors (Lipinski definition) is 2. The molecule has 0 aliphatic heterocycles. The first-order chi connectivity index (χ1) is 9.65. The van der Waals surface area contributed by atoms with Crippen molar-refractivity contribution in [2.75, 3.05) is 6.61 Å². The molecule has 1 aromatic heterocycles. The SMILES string of the molecule is CC.CCOC(=O)c1[nH]c(C)c(C)c1-c1ccccc1. The molecule has 2 aromatic rings. The predicted octanol–water partition coefficient (Wildman–Crippen LogP) is 4.50. The maximum Gasteiger partial charge on any atom is 0.355 e. The van der Waals surface area contributed by atoms with Gasteiger partial charge >= 0.3 is 5.97 Å². The van der Waals surface area contributed by atoms with Gasteiger partial charge in [-0.05, 0) is 31.9 Å². The van der Waals surface area contributed by atoms with Gasteiger partial charge in [0.2, 0.25) is 0 Å². The van der Waals surface area contributed by atoms with Gasteiger partial charge < -0.3 is 9.72 Å². The third-order valence-corrected chi connectivity index (χ3v) is 3.04. The summed E-state index contributed by atoms with van der Waals surface area (Å²) >= 11 is 0. The molecule has 0 fully saturated rings. The average molecular weight is 273 g/mol. The molecule has 108 valence electrons. The number of H-pyrrole nitrogens is 1. The summed E-state index contributed by atoms with van der Waals surface area (Å²) in [4.78, 5) is 15.1. The summed E-state index contributed by atoms with van der Waals surface area (Å²) in [5.74, 6) is -0.299. The molecule has 0 unspecified atom stereocenters. The highest BCUT2D eigenvalue weighted by Gasteiger charge is 2.20. The summed E-state index contributed by atoms with van der Waals surface area (Å²) < 4.78 is 5.09. The lowest BCUT2D eigenvalue weighted by atomic mass is 10.0. The van der Waals surface area contributed by atoms with Gasteiger partial charge in [0.05, 0.1) is 6.61 Å². The summed E-state index contributed by atoms with van der Waals surface area (Å²) in [7, 11) is 0. The van der Waals surface area contributed by atoms with E-state index < -0.39 is 0 Å². The molecule has 0 aliphatic carbocycles. The summed E-state index contributed by atoms with van der Waals surface area (Å²) in [5.41, 5.74) is 4.59. The molecule has 0 amide bonds. The fourth-order valence-corrected chi connectivity index (χ4v) is 2.04. The molecule has 2 rings (SSSR count). The monoisotopic (exact) mass is 273 g/mol. The maximum atomic E-state index is 12.0. The Hall–Kier alpha value is -2.03. The highest BCUT2D eigenvalue weighted by molar-refractivity contribution is 5.97. The minimum atomic E-state index is -0.299. The van der Waals surface area contributed by atoms with E-state index >= 15 is 0 Å². The molecule has 0 bridgehead atoms. The van der Waals surface area contributed by atoms with Gasteiger partial charge in [0.25, 0.3) is 0 Å². The van der Waals surface area contributed by atoms with Crippen LogP contribution in [-0.2, 0) is 4.74 Å². The molecule has 0 atom stereocenters. The second-order valence-electron chi connectivity index (χ2n) is 4.21. The summed E-state index contributed by atoms with van der Waals surface area (Å²) in [5, 5.41) is 0. The third kappa shape index (κ3) is 3.29. The lowest BCUT2D eigenvalue weighted by Crippen LogP contribution is -2.06. The topological polar surface area (TPSA) is 42.1 Å². The van der Waals surface area contributed by atoms with E-state index in [-0.39, 0.29) is 5.97 Å². The predicted molar refractivity (Wildman–Crippen MR) is 83.0 cm³/mol. The van der Waals surface area contributed by atoms with Gasteiger partial charge in [-0.15, -0.1) is 0 Å². The van der Waals surface area contributed by atoms with E-state index in [1.807, 2.05) is 65.0 Å². The van der Waals surface area contributed by atoms with Gasteiger partial charge in [-0.2, -0.15) is 0 Å². The molecule has 1 N–H and O–H groups in total. The standard InChI is InChI=1S/C15H17NO2.C2H6/c1-4-18-15(17)14-13(10(2)11(3)16-14)12-8-6-5-7-9-12;1-2/h5-9,16H,4H2,1-3H3;1-2H3. The van der Waals surface area contributed by atoms with E-state index in [0.29, 0.717) is 12.3 Å². The third-order valence-electron chi connectivity index (χ3n) is 3.04. The Kier molecular flexibility index (Phi) is 6.04. The fourth-order valence-electron chi connectivity index (χ4n) is 2.04. The Labute approximate surface area is 121 Å². The number of carbonyl (C=O) groups is 1. The smallest absolute Gasteiger partial charge is 0.355 e. The molecule has 0 spiro atoms. The first-order valence-electron chi connectivity index (χ1n) is 7.06. The fraction of sp³-hybridized carbons (Fsp3) is 0.353. The van der Waals surface area contributed by atoms with Gasteiger partial charge in [-0.1, -0.05) is 44.2 Å². The number of carbonyl (C=O) groups excluding carboxylic acids is 1. The van der Waals surface area contributed by atoms with Crippen molar-refractivity contribution in [3.8, 4) is 11.1 Å². The molecular formula is C17H23NO2. The Bertz CT molecular complexity index is 556. The number of benzene rings is 1. The first kappa shape index (κ1) is 16.0. The molecular weight excluding hydrogens is 250 g/mol. The maximum absolute atomic E-state index is 12.0. The molecule has 0 saturated heterocycles. The van der Waals surface area contributed by atoms with Gasteiger partial charge in [0, 0.05) is 11.3 Å².